The second-order valence-corrected chi connectivity index (χ2v) is 3.68. The maximum absolute atomic E-state index is 12.7. The number of hydrogen-bond acceptors (Lipinski definition) is 2. The molecule has 0 saturated heterocycles. The van der Waals surface area contributed by atoms with Crippen molar-refractivity contribution in [2.75, 3.05) is 0 Å². The molecule has 0 fully saturated rings. The van der Waals surface area contributed by atoms with Crippen molar-refractivity contribution in [2.45, 2.75) is 13.0 Å². The molecular formula is C12H11FN2O2. The molecule has 0 aliphatic heterocycles. The number of rotatable bonds is 3. The standard InChI is InChI=1S/C12H11FN2O2/c13-10-3-1-9(2-4-10)5-7-15-8-6-11(16)14-12(15)17/h1-4,6,8H,5,7H2,(H,14,16,17). The first kappa shape index (κ1) is 11.3. The van der Waals surface area contributed by atoms with E-state index in [1.807, 2.05) is 0 Å². The van der Waals surface area contributed by atoms with Gasteiger partial charge in [-0.05, 0) is 24.1 Å². The van der Waals surface area contributed by atoms with Gasteiger partial charge in [0.1, 0.15) is 5.82 Å². The summed E-state index contributed by atoms with van der Waals surface area (Å²) in [6.45, 7) is 0.446. The van der Waals surface area contributed by atoms with Gasteiger partial charge in [0, 0.05) is 18.8 Å². The van der Waals surface area contributed by atoms with Gasteiger partial charge in [-0.15, -0.1) is 0 Å². The van der Waals surface area contributed by atoms with Gasteiger partial charge in [-0.3, -0.25) is 9.78 Å². The van der Waals surface area contributed by atoms with E-state index in [0.29, 0.717) is 13.0 Å². The van der Waals surface area contributed by atoms with Crippen molar-refractivity contribution < 1.29 is 4.39 Å². The van der Waals surface area contributed by atoms with Gasteiger partial charge in [0.05, 0.1) is 0 Å². The summed E-state index contributed by atoms with van der Waals surface area (Å²) < 4.78 is 14.1. The van der Waals surface area contributed by atoms with Crippen molar-refractivity contribution in [2.24, 2.45) is 0 Å². The Bertz CT molecular complexity index is 613. The van der Waals surface area contributed by atoms with Gasteiger partial charge in [0.15, 0.2) is 0 Å². The largest absolute Gasteiger partial charge is 0.328 e. The highest BCUT2D eigenvalue weighted by Gasteiger charge is 1.98. The van der Waals surface area contributed by atoms with E-state index >= 15 is 0 Å². The molecule has 0 spiro atoms. The van der Waals surface area contributed by atoms with Crippen molar-refractivity contribution in [3.8, 4) is 0 Å². The topological polar surface area (TPSA) is 54.9 Å². The van der Waals surface area contributed by atoms with Crippen LogP contribution in [0.15, 0.2) is 46.1 Å². The lowest BCUT2D eigenvalue weighted by Crippen LogP contribution is -2.29. The maximum Gasteiger partial charge on any atom is 0.328 e. The van der Waals surface area contributed by atoms with Crippen LogP contribution in [0.4, 0.5) is 4.39 Å². The first-order valence-corrected chi connectivity index (χ1v) is 5.19. The van der Waals surface area contributed by atoms with Crippen LogP contribution in [0.3, 0.4) is 0 Å². The summed E-state index contributed by atoms with van der Waals surface area (Å²) in [5.74, 6) is -0.282. The van der Waals surface area contributed by atoms with E-state index in [2.05, 4.69) is 4.98 Å². The lowest BCUT2D eigenvalue weighted by Gasteiger charge is -2.04. The lowest BCUT2D eigenvalue weighted by molar-refractivity contribution is 0.622. The SMILES string of the molecule is O=c1ccn(CCc2ccc(F)cc2)c(=O)[nH]1. The van der Waals surface area contributed by atoms with E-state index in [1.165, 1.54) is 29.0 Å². The Hall–Kier alpha value is -2.17. The molecule has 17 heavy (non-hydrogen) atoms. The predicted molar refractivity (Wildman–Crippen MR) is 61.4 cm³/mol. The van der Waals surface area contributed by atoms with Crippen LogP contribution in [-0.4, -0.2) is 9.55 Å². The number of benzene rings is 1. The van der Waals surface area contributed by atoms with Crippen molar-refractivity contribution >= 4 is 0 Å². The summed E-state index contributed by atoms with van der Waals surface area (Å²) in [7, 11) is 0. The fraction of sp³-hybridized carbons (Fsp3) is 0.167. The van der Waals surface area contributed by atoms with Gasteiger partial charge >= 0.3 is 5.69 Å². The Morgan fingerprint density at radius 3 is 2.47 bits per heavy atom. The number of aromatic nitrogens is 2. The van der Waals surface area contributed by atoms with Gasteiger partial charge in [-0.25, -0.2) is 9.18 Å². The van der Waals surface area contributed by atoms with E-state index in [1.54, 1.807) is 12.1 Å². The summed E-state index contributed by atoms with van der Waals surface area (Å²) in [5, 5.41) is 0. The van der Waals surface area contributed by atoms with Gasteiger partial charge < -0.3 is 4.57 Å². The molecule has 1 heterocycles. The van der Waals surface area contributed by atoms with Gasteiger partial charge in [-0.1, -0.05) is 12.1 Å². The Morgan fingerprint density at radius 2 is 1.82 bits per heavy atom. The van der Waals surface area contributed by atoms with Gasteiger partial charge in [0.25, 0.3) is 5.56 Å². The first-order valence-electron chi connectivity index (χ1n) is 5.19. The fourth-order valence-corrected chi connectivity index (χ4v) is 1.52. The van der Waals surface area contributed by atoms with Crippen molar-refractivity contribution in [3.05, 3.63) is 68.7 Å². The van der Waals surface area contributed by atoms with Gasteiger partial charge in [-0.2, -0.15) is 0 Å². The molecule has 0 saturated carbocycles. The number of nitrogens with zero attached hydrogens (tertiary/aromatic N) is 1. The third kappa shape index (κ3) is 2.90. The molecule has 5 heteroatoms. The van der Waals surface area contributed by atoms with Crippen LogP contribution in [0.2, 0.25) is 0 Å². The van der Waals surface area contributed by atoms with Crippen LogP contribution in [-0.2, 0) is 13.0 Å². The molecule has 0 atom stereocenters. The van der Waals surface area contributed by atoms with E-state index in [-0.39, 0.29) is 5.82 Å². The highest BCUT2D eigenvalue weighted by atomic mass is 19.1. The Kier molecular flexibility index (Phi) is 3.18. The number of H-pyrrole nitrogens is 1. The molecular weight excluding hydrogens is 223 g/mol. The second kappa shape index (κ2) is 4.78. The quantitative estimate of drug-likeness (QED) is 0.858. The minimum atomic E-state index is -0.431. The second-order valence-electron chi connectivity index (χ2n) is 3.68. The zero-order chi connectivity index (χ0) is 12.3. The summed E-state index contributed by atoms with van der Waals surface area (Å²) in [4.78, 5) is 24.4. The van der Waals surface area contributed by atoms with E-state index < -0.39 is 11.2 Å². The summed E-state index contributed by atoms with van der Waals surface area (Å²) in [6.07, 6.45) is 2.05. The molecule has 0 aliphatic rings. The molecule has 0 unspecified atom stereocenters. The van der Waals surface area contributed by atoms with Crippen LogP contribution in [0.25, 0.3) is 0 Å². The molecule has 2 aromatic rings. The molecule has 0 aliphatic carbocycles. The average molecular weight is 234 g/mol. The highest BCUT2D eigenvalue weighted by Crippen LogP contribution is 2.03. The van der Waals surface area contributed by atoms with Crippen molar-refractivity contribution in [3.63, 3.8) is 0 Å². The molecule has 0 radical (unpaired) electrons. The number of halogens is 1. The van der Waals surface area contributed by atoms with Crippen LogP contribution >= 0.6 is 0 Å². The summed E-state index contributed by atoms with van der Waals surface area (Å²) in [6, 6.07) is 7.40. The molecule has 4 nitrogen and oxygen atoms in total. The Balaban J connectivity index is 2.10. The van der Waals surface area contributed by atoms with Crippen molar-refractivity contribution in [1.29, 1.82) is 0 Å². The van der Waals surface area contributed by atoms with Gasteiger partial charge in [0.2, 0.25) is 0 Å². The van der Waals surface area contributed by atoms with E-state index in [9.17, 15) is 14.0 Å². The summed E-state index contributed by atoms with van der Waals surface area (Å²) >= 11 is 0. The summed E-state index contributed by atoms with van der Waals surface area (Å²) in [5.41, 5.74) is 0.0946. The third-order valence-corrected chi connectivity index (χ3v) is 2.45. The zero-order valence-electron chi connectivity index (χ0n) is 9.02. The smallest absolute Gasteiger partial charge is 0.300 e. The van der Waals surface area contributed by atoms with Crippen LogP contribution in [0, 0.1) is 5.82 Å². The van der Waals surface area contributed by atoms with Crippen LogP contribution in [0.5, 0.6) is 0 Å². The molecule has 0 bridgehead atoms. The van der Waals surface area contributed by atoms with Crippen LogP contribution < -0.4 is 11.2 Å². The Morgan fingerprint density at radius 1 is 1.12 bits per heavy atom. The molecule has 88 valence electrons. The molecule has 0 amide bonds. The molecule has 1 aromatic heterocycles. The maximum atomic E-state index is 12.7. The molecule has 2 rings (SSSR count). The number of aromatic amines is 1. The monoisotopic (exact) mass is 234 g/mol. The minimum absolute atomic E-state index is 0.282. The average Bonchev–Trinajstić information content (AvgIpc) is 2.30. The first-order chi connectivity index (χ1) is 8.15. The van der Waals surface area contributed by atoms with E-state index in [0.717, 1.165) is 5.56 Å². The Labute approximate surface area is 96.4 Å². The van der Waals surface area contributed by atoms with Crippen molar-refractivity contribution in [1.82, 2.24) is 9.55 Å². The number of aryl methyl sites for hydroxylation is 2. The number of hydrogen-bond donors (Lipinski definition) is 1. The highest BCUT2D eigenvalue weighted by molar-refractivity contribution is 5.16. The zero-order valence-corrected chi connectivity index (χ0v) is 9.02. The van der Waals surface area contributed by atoms with Crippen LogP contribution in [0.1, 0.15) is 5.56 Å². The normalized spacial score (nSPS) is 10.4. The fourth-order valence-electron chi connectivity index (χ4n) is 1.52. The third-order valence-electron chi connectivity index (χ3n) is 2.45. The predicted octanol–water partition coefficient (Wildman–Crippen LogP) is 0.918. The minimum Gasteiger partial charge on any atom is -0.300 e. The number of nitrogens with one attached hydrogen (secondary N) is 1. The molecule has 1 aromatic carbocycles. The molecule has 1 N–H and O–H groups in total. The van der Waals surface area contributed by atoms with E-state index in [4.69, 9.17) is 0 Å². The lowest BCUT2D eigenvalue weighted by atomic mass is 10.1.